The molecular formula is C26H30O2. The van der Waals surface area contributed by atoms with Crippen LogP contribution in [0.25, 0.3) is 0 Å². The van der Waals surface area contributed by atoms with Gasteiger partial charge in [0.25, 0.3) is 0 Å². The summed E-state index contributed by atoms with van der Waals surface area (Å²) >= 11 is 0. The summed E-state index contributed by atoms with van der Waals surface area (Å²) < 4.78 is 0. The molecule has 4 bridgehead atoms. The van der Waals surface area contributed by atoms with Crippen molar-refractivity contribution in [2.45, 2.75) is 51.4 Å². The van der Waals surface area contributed by atoms with Crippen LogP contribution in [0.5, 0.6) is 11.5 Å². The fourth-order valence-corrected chi connectivity index (χ4v) is 8.33. The Balaban J connectivity index is 1.55. The van der Waals surface area contributed by atoms with Gasteiger partial charge in [-0.3, -0.25) is 0 Å². The Morgan fingerprint density at radius 3 is 1.89 bits per heavy atom. The van der Waals surface area contributed by atoms with Gasteiger partial charge in [0.2, 0.25) is 0 Å². The number of hydrogen-bond acceptors (Lipinski definition) is 2. The van der Waals surface area contributed by atoms with Gasteiger partial charge in [0.15, 0.2) is 0 Å². The fraction of sp³-hybridized carbons (Fsp3) is 0.538. The maximum Gasteiger partial charge on any atom is 0.118 e. The molecule has 4 aliphatic rings. The standard InChI is InChI=1S/C26H30O2/c1-14-9-19(5-7-22(14)27)26(20-6-8-23(28)15(2)10-20)13-18-12-21(26)25-17-4-3-16(11-17)24(18)25/h5-10,16-18,21,24-25,27-28H,3-4,11-13H2,1-2H3/t16-,17+,18+,21+,24?,25?/m0/s1. The first-order chi connectivity index (χ1) is 13.5. The monoisotopic (exact) mass is 374 g/mol. The summed E-state index contributed by atoms with van der Waals surface area (Å²) in [5.41, 5.74) is 4.73. The molecule has 0 amide bonds. The predicted octanol–water partition coefficient (Wildman–Crippen LogP) is 5.70. The minimum atomic E-state index is 0.0350. The molecule has 2 N–H and O–H groups in total. The number of aromatic hydroxyl groups is 2. The molecule has 0 aromatic heterocycles. The van der Waals surface area contributed by atoms with Crippen LogP contribution in [0.3, 0.4) is 0 Å². The van der Waals surface area contributed by atoms with Crippen molar-refractivity contribution in [1.82, 2.24) is 0 Å². The van der Waals surface area contributed by atoms with Gasteiger partial charge in [0.1, 0.15) is 11.5 Å². The molecule has 2 heteroatoms. The molecule has 0 radical (unpaired) electrons. The van der Waals surface area contributed by atoms with Crippen molar-refractivity contribution in [1.29, 1.82) is 0 Å². The van der Waals surface area contributed by atoms with Crippen molar-refractivity contribution in [2.75, 3.05) is 0 Å². The van der Waals surface area contributed by atoms with Crippen molar-refractivity contribution in [3.8, 4) is 11.5 Å². The molecule has 2 nitrogen and oxygen atoms in total. The highest BCUT2D eigenvalue weighted by atomic mass is 16.3. The van der Waals surface area contributed by atoms with E-state index in [0.29, 0.717) is 17.4 Å². The third-order valence-corrected chi connectivity index (χ3v) is 9.25. The first kappa shape index (κ1) is 16.9. The molecule has 6 atom stereocenters. The lowest BCUT2D eigenvalue weighted by atomic mass is 9.56. The molecule has 0 saturated heterocycles. The van der Waals surface area contributed by atoms with Crippen LogP contribution in [0.15, 0.2) is 36.4 Å². The smallest absolute Gasteiger partial charge is 0.118 e. The van der Waals surface area contributed by atoms with Crippen molar-refractivity contribution in [3.05, 3.63) is 58.7 Å². The topological polar surface area (TPSA) is 40.5 Å². The Hall–Kier alpha value is -1.96. The molecule has 28 heavy (non-hydrogen) atoms. The van der Waals surface area contributed by atoms with Gasteiger partial charge in [-0.2, -0.15) is 0 Å². The zero-order valence-corrected chi connectivity index (χ0v) is 16.9. The molecular weight excluding hydrogens is 344 g/mol. The lowest BCUT2D eigenvalue weighted by Gasteiger charge is -2.47. The summed E-state index contributed by atoms with van der Waals surface area (Å²) in [7, 11) is 0. The van der Waals surface area contributed by atoms with E-state index in [2.05, 4.69) is 24.3 Å². The van der Waals surface area contributed by atoms with Crippen LogP contribution in [0.2, 0.25) is 0 Å². The highest BCUT2D eigenvalue weighted by Gasteiger charge is 2.67. The Labute approximate surface area is 167 Å². The van der Waals surface area contributed by atoms with E-state index in [9.17, 15) is 10.2 Å². The highest BCUT2D eigenvalue weighted by molar-refractivity contribution is 5.50. The van der Waals surface area contributed by atoms with E-state index < -0.39 is 0 Å². The third-order valence-electron chi connectivity index (χ3n) is 9.25. The number of hydrogen-bond donors (Lipinski definition) is 2. The highest BCUT2D eigenvalue weighted by Crippen LogP contribution is 2.73. The summed E-state index contributed by atoms with van der Waals surface area (Å²) in [5, 5.41) is 20.3. The molecule has 6 rings (SSSR count). The van der Waals surface area contributed by atoms with E-state index in [4.69, 9.17) is 0 Å². The van der Waals surface area contributed by atoms with E-state index in [-0.39, 0.29) is 5.41 Å². The largest absolute Gasteiger partial charge is 0.508 e. The van der Waals surface area contributed by atoms with E-state index in [1.807, 2.05) is 26.0 Å². The van der Waals surface area contributed by atoms with Crippen LogP contribution in [0.4, 0.5) is 0 Å². The van der Waals surface area contributed by atoms with Crippen LogP contribution >= 0.6 is 0 Å². The molecule has 2 aromatic carbocycles. The summed E-state index contributed by atoms with van der Waals surface area (Å²) in [5.74, 6) is 6.09. The third kappa shape index (κ3) is 1.99. The van der Waals surface area contributed by atoms with Crippen molar-refractivity contribution in [2.24, 2.45) is 35.5 Å². The Kier molecular flexibility index (Phi) is 3.36. The predicted molar refractivity (Wildman–Crippen MR) is 110 cm³/mol. The Morgan fingerprint density at radius 2 is 1.32 bits per heavy atom. The fourth-order valence-electron chi connectivity index (χ4n) is 8.33. The van der Waals surface area contributed by atoms with Crippen LogP contribution < -0.4 is 0 Å². The number of aryl methyl sites for hydroxylation is 2. The molecule has 0 heterocycles. The van der Waals surface area contributed by atoms with E-state index in [0.717, 1.165) is 40.7 Å². The number of phenolic OH excluding ortho intramolecular Hbond substituents is 2. The molecule has 2 aromatic rings. The number of phenols is 2. The first-order valence-corrected chi connectivity index (χ1v) is 11.1. The van der Waals surface area contributed by atoms with E-state index in [1.165, 1.54) is 43.2 Å². The lowest BCUT2D eigenvalue weighted by Crippen LogP contribution is -2.43. The van der Waals surface area contributed by atoms with Crippen molar-refractivity contribution in [3.63, 3.8) is 0 Å². The lowest BCUT2D eigenvalue weighted by molar-refractivity contribution is 0.100. The van der Waals surface area contributed by atoms with Gasteiger partial charge in [0.05, 0.1) is 0 Å². The number of rotatable bonds is 2. The quantitative estimate of drug-likeness (QED) is 0.662. The zero-order chi connectivity index (χ0) is 19.2. The molecule has 0 aliphatic heterocycles. The summed E-state index contributed by atoms with van der Waals surface area (Å²) in [4.78, 5) is 0. The Morgan fingerprint density at radius 1 is 0.750 bits per heavy atom. The minimum absolute atomic E-state index is 0.0350. The SMILES string of the molecule is Cc1cc(C2(c3ccc(O)c(C)c3)C[C@H]3C[C@@H]2C2C3[C@H]3CC[C@@H]2C3)ccc1O. The average Bonchev–Trinajstić information content (AvgIpc) is 3.44. The summed E-state index contributed by atoms with van der Waals surface area (Å²) in [6, 6.07) is 12.6. The van der Waals surface area contributed by atoms with Gasteiger partial charge < -0.3 is 10.2 Å². The number of benzene rings is 2. The maximum atomic E-state index is 10.2. The van der Waals surface area contributed by atoms with Gasteiger partial charge in [-0.05, 0) is 116 Å². The summed E-state index contributed by atoms with van der Waals surface area (Å²) in [6.45, 7) is 4.03. The maximum absolute atomic E-state index is 10.2. The molecule has 146 valence electrons. The zero-order valence-electron chi connectivity index (χ0n) is 16.9. The molecule has 0 spiro atoms. The van der Waals surface area contributed by atoms with Gasteiger partial charge in [-0.25, -0.2) is 0 Å². The van der Waals surface area contributed by atoms with Crippen LogP contribution in [0, 0.1) is 49.4 Å². The van der Waals surface area contributed by atoms with E-state index >= 15 is 0 Å². The molecule has 2 unspecified atom stereocenters. The van der Waals surface area contributed by atoms with Crippen molar-refractivity contribution < 1.29 is 10.2 Å². The normalized spacial score (nSPS) is 36.8. The van der Waals surface area contributed by atoms with Gasteiger partial charge in [-0.1, -0.05) is 24.3 Å². The van der Waals surface area contributed by atoms with Gasteiger partial charge in [0, 0.05) is 5.41 Å². The molecule has 4 saturated carbocycles. The van der Waals surface area contributed by atoms with Crippen LogP contribution in [-0.4, -0.2) is 10.2 Å². The minimum Gasteiger partial charge on any atom is -0.508 e. The summed E-state index contributed by atoms with van der Waals surface area (Å²) in [6.07, 6.45) is 6.98. The molecule has 4 aliphatic carbocycles. The van der Waals surface area contributed by atoms with Gasteiger partial charge in [-0.15, -0.1) is 0 Å². The second-order valence-corrected chi connectivity index (χ2v) is 10.3. The Bertz CT molecular complexity index is 909. The average molecular weight is 375 g/mol. The molecule has 4 fully saturated rings. The van der Waals surface area contributed by atoms with Gasteiger partial charge >= 0.3 is 0 Å². The van der Waals surface area contributed by atoms with Crippen molar-refractivity contribution >= 4 is 0 Å². The second kappa shape index (κ2) is 5.55. The number of fused-ring (bicyclic) bond motifs is 9. The first-order valence-electron chi connectivity index (χ1n) is 11.1. The van der Waals surface area contributed by atoms with Crippen LogP contribution in [0.1, 0.15) is 54.4 Å². The van der Waals surface area contributed by atoms with E-state index in [1.54, 1.807) is 0 Å². The van der Waals surface area contributed by atoms with Crippen LogP contribution in [-0.2, 0) is 5.41 Å². The second-order valence-electron chi connectivity index (χ2n) is 10.3.